The molecule has 2 aromatic carbocycles. The minimum atomic E-state index is -0.206. The van der Waals surface area contributed by atoms with Gasteiger partial charge in [-0.3, -0.25) is 4.79 Å². The van der Waals surface area contributed by atoms with Crippen molar-refractivity contribution in [2.24, 2.45) is 0 Å². The minimum Gasteiger partial charge on any atom is -0.368 e. The number of nitrogens with zero attached hydrogens (tertiary/aromatic N) is 3. The van der Waals surface area contributed by atoms with Crippen LogP contribution in [0.5, 0.6) is 0 Å². The molecule has 3 heterocycles. The van der Waals surface area contributed by atoms with E-state index in [4.69, 9.17) is 0 Å². The average molecular weight is 415 g/mol. The maximum absolute atomic E-state index is 14.5. The second-order valence-electron chi connectivity index (χ2n) is 7.88. The molecule has 4 aromatic rings. The summed E-state index contributed by atoms with van der Waals surface area (Å²) in [5.41, 5.74) is 6.28. The van der Waals surface area contributed by atoms with Crippen molar-refractivity contribution < 1.29 is 9.18 Å². The van der Waals surface area contributed by atoms with Crippen LogP contribution in [0.1, 0.15) is 16.8 Å². The predicted octanol–water partition coefficient (Wildman–Crippen LogP) is 4.46. The van der Waals surface area contributed by atoms with Crippen molar-refractivity contribution in [2.75, 3.05) is 17.2 Å². The van der Waals surface area contributed by atoms with Crippen LogP contribution < -0.4 is 10.6 Å². The summed E-state index contributed by atoms with van der Waals surface area (Å²) in [5, 5.41) is 7.11. The Morgan fingerprint density at radius 1 is 1.13 bits per heavy atom. The highest BCUT2D eigenvalue weighted by atomic mass is 19.1. The fourth-order valence-corrected chi connectivity index (χ4v) is 4.19. The second-order valence-corrected chi connectivity index (χ2v) is 7.88. The molecule has 6 nitrogen and oxygen atoms in total. The summed E-state index contributed by atoms with van der Waals surface area (Å²) in [6, 6.07) is 13.1. The van der Waals surface area contributed by atoms with Crippen LogP contribution in [0.3, 0.4) is 0 Å². The number of halogens is 1. The van der Waals surface area contributed by atoms with Gasteiger partial charge < -0.3 is 15.2 Å². The number of amides is 1. The van der Waals surface area contributed by atoms with Gasteiger partial charge in [-0.25, -0.2) is 14.4 Å². The zero-order valence-electron chi connectivity index (χ0n) is 17.4. The van der Waals surface area contributed by atoms with E-state index in [-0.39, 0.29) is 11.7 Å². The summed E-state index contributed by atoms with van der Waals surface area (Å²) in [4.78, 5) is 20.3. The van der Waals surface area contributed by atoms with E-state index in [2.05, 4.69) is 20.6 Å². The average Bonchev–Trinajstić information content (AvgIpc) is 3.30. The highest BCUT2D eigenvalue weighted by Crippen LogP contribution is 2.29. The summed E-state index contributed by atoms with van der Waals surface area (Å²) >= 11 is 0. The van der Waals surface area contributed by atoms with Gasteiger partial charge in [0.1, 0.15) is 18.0 Å². The molecule has 0 radical (unpaired) electrons. The molecule has 2 aromatic heterocycles. The molecule has 156 valence electrons. The number of anilines is 2. The third-order valence-electron chi connectivity index (χ3n) is 5.77. The molecule has 0 saturated heterocycles. The van der Waals surface area contributed by atoms with Crippen LogP contribution in [-0.2, 0) is 17.8 Å². The maximum Gasteiger partial charge on any atom is 0.228 e. The van der Waals surface area contributed by atoms with Gasteiger partial charge in [0.15, 0.2) is 0 Å². The van der Waals surface area contributed by atoms with E-state index in [0.717, 1.165) is 39.2 Å². The van der Waals surface area contributed by atoms with Crippen LogP contribution in [-0.4, -0.2) is 27.0 Å². The number of hydrogen-bond donors (Lipinski definition) is 2. The largest absolute Gasteiger partial charge is 0.368 e. The summed E-state index contributed by atoms with van der Waals surface area (Å²) < 4.78 is 16.5. The molecule has 0 unspecified atom stereocenters. The molecule has 0 fully saturated rings. The molecule has 1 aliphatic heterocycles. The van der Waals surface area contributed by atoms with Crippen molar-refractivity contribution >= 4 is 28.3 Å². The number of nitrogens with one attached hydrogen (secondary N) is 2. The predicted molar refractivity (Wildman–Crippen MR) is 120 cm³/mol. The fraction of sp³-hybridized carbons (Fsp3) is 0.208. The van der Waals surface area contributed by atoms with Crippen molar-refractivity contribution in [2.45, 2.75) is 26.8 Å². The van der Waals surface area contributed by atoms with E-state index >= 15 is 0 Å². The van der Waals surface area contributed by atoms with E-state index in [1.165, 1.54) is 12.4 Å². The lowest BCUT2D eigenvalue weighted by Crippen LogP contribution is -2.13. The Labute approximate surface area is 179 Å². The Bertz CT molecular complexity index is 1330. The van der Waals surface area contributed by atoms with E-state index in [1.807, 2.05) is 54.8 Å². The maximum atomic E-state index is 14.5. The molecule has 1 aliphatic rings. The van der Waals surface area contributed by atoms with Crippen LogP contribution in [0.25, 0.3) is 22.2 Å². The van der Waals surface area contributed by atoms with Crippen LogP contribution in [0.2, 0.25) is 0 Å². The van der Waals surface area contributed by atoms with Gasteiger partial charge in [0.2, 0.25) is 5.91 Å². The molecule has 1 amide bonds. The highest BCUT2D eigenvalue weighted by Gasteiger charge is 2.18. The molecule has 0 aliphatic carbocycles. The number of benzene rings is 2. The van der Waals surface area contributed by atoms with E-state index in [9.17, 15) is 9.18 Å². The molecular formula is C24H22FN5O. The van der Waals surface area contributed by atoms with Crippen LogP contribution in [0.15, 0.2) is 48.8 Å². The molecule has 0 bridgehead atoms. The van der Waals surface area contributed by atoms with Crippen LogP contribution in [0.4, 0.5) is 15.9 Å². The van der Waals surface area contributed by atoms with Crippen LogP contribution in [0, 0.1) is 19.7 Å². The van der Waals surface area contributed by atoms with E-state index in [0.29, 0.717) is 30.8 Å². The van der Waals surface area contributed by atoms with Gasteiger partial charge in [-0.05, 0) is 49.2 Å². The smallest absolute Gasteiger partial charge is 0.228 e. The Kier molecular flexibility index (Phi) is 4.66. The molecule has 0 saturated carbocycles. The number of rotatable bonds is 5. The number of carbonyl (C=O) groups is 1. The molecule has 0 spiro atoms. The van der Waals surface area contributed by atoms with Gasteiger partial charge in [-0.2, -0.15) is 0 Å². The van der Waals surface area contributed by atoms with E-state index in [1.54, 1.807) is 0 Å². The molecule has 0 atom stereocenters. The van der Waals surface area contributed by atoms with Gasteiger partial charge in [0.25, 0.3) is 0 Å². The van der Waals surface area contributed by atoms with Gasteiger partial charge in [0, 0.05) is 41.5 Å². The Morgan fingerprint density at radius 3 is 2.87 bits per heavy atom. The number of aryl methyl sites for hydroxylation is 2. The summed E-state index contributed by atoms with van der Waals surface area (Å²) in [7, 11) is 0. The number of carbonyl (C=O) groups excluding carboxylic acids is 1. The SMILES string of the molecule is Cc1ccc(F)c2c1cc(C)n2CCNc1cc(-c2ccc3c(c2)CC(=O)N3)ncn1. The second kappa shape index (κ2) is 7.50. The fourth-order valence-electron chi connectivity index (χ4n) is 4.19. The third-order valence-corrected chi connectivity index (χ3v) is 5.77. The Hall–Kier alpha value is -3.74. The zero-order valence-corrected chi connectivity index (χ0v) is 17.4. The molecule has 5 rings (SSSR count). The first kappa shape index (κ1) is 19.2. The summed E-state index contributed by atoms with van der Waals surface area (Å²) in [6.07, 6.45) is 1.91. The Morgan fingerprint density at radius 2 is 2.00 bits per heavy atom. The molecule has 7 heteroatoms. The zero-order chi connectivity index (χ0) is 21.5. The van der Waals surface area contributed by atoms with Gasteiger partial charge in [-0.1, -0.05) is 12.1 Å². The van der Waals surface area contributed by atoms with E-state index < -0.39 is 0 Å². The first-order valence-electron chi connectivity index (χ1n) is 10.2. The standard InChI is InChI=1S/C24H22FN5O/c1-14-3-5-19(25)24-18(14)9-15(2)30(24)8-7-26-22-12-21(27-13-28-22)16-4-6-20-17(10-16)11-23(31)29-20/h3-6,9-10,12-13H,7-8,11H2,1-2H3,(H,29,31)(H,26,27,28). The van der Waals surface area contributed by atoms with Crippen molar-refractivity contribution in [1.29, 1.82) is 0 Å². The number of hydrogen-bond acceptors (Lipinski definition) is 4. The molecular weight excluding hydrogens is 393 g/mol. The third kappa shape index (κ3) is 3.52. The number of aromatic nitrogens is 3. The van der Waals surface area contributed by atoms with Gasteiger partial charge in [0.05, 0.1) is 17.6 Å². The first-order chi connectivity index (χ1) is 15.0. The van der Waals surface area contributed by atoms with Crippen molar-refractivity contribution in [1.82, 2.24) is 14.5 Å². The highest BCUT2D eigenvalue weighted by molar-refractivity contribution is 5.99. The quantitative estimate of drug-likeness (QED) is 0.505. The lowest BCUT2D eigenvalue weighted by Gasteiger charge is -2.11. The molecule has 31 heavy (non-hydrogen) atoms. The normalized spacial score (nSPS) is 12.8. The van der Waals surface area contributed by atoms with Crippen molar-refractivity contribution in [3.8, 4) is 11.3 Å². The number of fused-ring (bicyclic) bond motifs is 2. The first-order valence-corrected chi connectivity index (χ1v) is 10.2. The lowest BCUT2D eigenvalue weighted by molar-refractivity contribution is -0.115. The topological polar surface area (TPSA) is 71.8 Å². The lowest BCUT2D eigenvalue weighted by atomic mass is 10.1. The van der Waals surface area contributed by atoms with Crippen molar-refractivity contribution in [3.05, 3.63) is 71.4 Å². The van der Waals surface area contributed by atoms with Crippen molar-refractivity contribution in [3.63, 3.8) is 0 Å². The monoisotopic (exact) mass is 415 g/mol. The van der Waals surface area contributed by atoms with Crippen LogP contribution >= 0.6 is 0 Å². The Balaban J connectivity index is 1.33. The van der Waals surface area contributed by atoms with Gasteiger partial charge >= 0.3 is 0 Å². The van der Waals surface area contributed by atoms with Gasteiger partial charge in [-0.15, -0.1) is 0 Å². The minimum absolute atomic E-state index is 0.0108. The molecule has 2 N–H and O–H groups in total. The summed E-state index contributed by atoms with van der Waals surface area (Å²) in [5.74, 6) is 0.504. The summed E-state index contributed by atoms with van der Waals surface area (Å²) in [6.45, 7) is 5.20.